The SMILES string of the molecule is COc1cccc2sc(NC(=O)C3CCN(C(=O)c4ccc(C(F)(F)F)cc4)CC3)nc12. The smallest absolute Gasteiger partial charge is 0.416 e. The molecule has 1 fully saturated rings. The highest BCUT2D eigenvalue weighted by molar-refractivity contribution is 7.22. The van der Waals surface area contributed by atoms with Gasteiger partial charge in [-0.15, -0.1) is 0 Å². The fourth-order valence-corrected chi connectivity index (χ4v) is 4.56. The number of nitrogens with one attached hydrogen (secondary N) is 1. The third kappa shape index (κ3) is 4.55. The summed E-state index contributed by atoms with van der Waals surface area (Å²) in [7, 11) is 1.56. The molecule has 1 N–H and O–H groups in total. The summed E-state index contributed by atoms with van der Waals surface area (Å²) in [5.41, 5.74) is 0.0912. The summed E-state index contributed by atoms with van der Waals surface area (Å²) in [6, 6.07) is 9.74. The van der Waals surface area contributed by atoms with Gasteiger partial charge in [0.1, 0.15) is 11.3 Å². The Balaban J connectivity index is 1.35. The number of fused-ring (bicyclic) bond motifs is 1. The predicted octanol–water partition coefficient (Wildman–Crippen LogP) is 4.81. The zero-order valence-electron chi connectivity index (χ0n) is 17.1. The van der Waals surface area contributed by atoms with Crippen LogP contribution in [0.4, 0.5) is 18.3 Å². The summed E-state index contributed by atoms with van der Waals surface area (Å²) in [5.74, 6) is -0.143. The average Bonchev–Trinajstić information content (AvgIpc) is 3.20. The maximum Gasteiger partial charge on any atom is 0.416 e. The normalized spacial score (nSPS) is 15.1. The Morgan fingerprint density at radius 3 is 2.44 bits per heavy atom. The molecule has 2 heterocycles. The zero-order chi connectivity index (χ0) is 22.9. The van der Waals surface area contributed by atoms with Crippen molar-refractivity contribution < 1.29 is 27.5 Å². The van der Waals surface area contributed by atoms with Crippen molar-refractivity contribution in [3.8, 4) is 5.75 Å². The second kappa shape index (κ2) is 8.78. The standard InChI is InChI=1S/C22H20F3N3O3S/c1-31-16-3-2-4-17-18(16)26-21(32-17)27-19(29)13-9-11-28(12-10-13)20(30)14-5-7-15(8-6-14)22(23,24)25/h2-8,13H,9-12H2,1H3,(H,26,27,29). The topological polar surface area (TPSA) is 71.5 Å². The zero-order valence-corrected chi connectivity index (χ0v) is 17.9. The number of nitrogens with zero attached hydrogens (tertiary/aromatic N) is 2. The number of carbonyl (C=O) groups excluding carboxylic acids is 2. The first kappa shape index (κ1) is 22.1. The molecule has 0 saturated carbocycles. The van der Waals surface area contributed by atoms with Crippen LogP contribution < -0.4 is 10.1 Å². The number of benzene rings is 2. The summed E-state index contributed by atoms with van der Waals surface area (Å²) in [4.78, 5) is 31.3. The lowest BCUT2D eigenvalue weighted by molar-refractivity contribution is -0.137. The van der Waals surface area contributed by atoms with Gasteiger partial charge in [0, 0.05) is 24.6 Å². The molecule has 168 valence electrons. The number of piperidine rings is 1. The van der Waals surface area contributed by atoms with E-state index in [4.69, 9.17) is 4.74 Å². The first-order valence-electron chi connectivity index (χ1n) is 9.97. The average molecular weight is 463 g/mol. The molecule has 2 amide bonds. The Hall–Kier alpha value is -3.14. The van der Waals surface area contributed by atoms with E-state index in [9.17, 15) is 22.8 Å². The van der Waals surface area contributed by atoms with E-state index in [0.717, 1.165) is 16.8 Å². The molecule has 0 atom stereocenters. The van der Waals surface area contributed by atoms with Gasteiger partial charge in [0.25, 0.3) is 5.91 Å². The van der Waals surface area contributed by atoms with E-state index in [0.29, 0.717) is 42.3 Å². The van der Waals surface area contributed by atoms with E-state index < -0.39 is 11.7 Å². The van der Waals surface area contributed by atoms with Gasteiger partial charge in [0.15, 0.2) is 5.13 Å². The van der Waals surface area contributed by atoms with Gasteiger partial charge >= 0.3 is 6.18 Å². The Morgan fingerprint density at radius 2 is 1.81 bits per heavy atom. The van der Waals surface area contributed by atoms with Gasteiger partial charge in [0.2, 0.25) is 5.91 Å². The van der Waals surface area contributed by atoms with Crippen LogP contribution in [-0.4, -0.2) is 41.9 Å². The lowest BCUT2D eigenvalue weighted by atomic mass is 9.95. The number of likely N-dealkylation sites (tertiary alicyclic amines) is 1. The second-order valence-corrected chi connectivity index (χ2v) is 8.49. The van der Waals surface area contributed by atoms with Crippen LogP contribution >= 0.6 is 11.3 Å². The van der Waals surface area contributed by atoms with Crippen LogP contribution in [0, 0.1) is 5.92 Å². The number of rotatable bonds is 4. The Morgan fingerprint density at radius 1 is 1.12 bits per heavy atom. The van der Waals surface area contributed by atoms with Crippen molar-refractivity contribution in [1.29, 1.82) is 0 Å². The molecule has 3 aromatic rings. The van der Waals surface area contributed by atoms with E-state index in [1.807, 2.05) is 12.1 Å². The molecule has 0 radical (unpaired) electrons. The Labute approximate surface area is 186 Å². The number of thiazole rings is 1. The monoisotopic (exact) mass is 463 g/mol. The fourth-order valence-electron chi connectivity index (χ4n) is 3.68. The van der Waals surface area contributed by atoms with Crippen LogP contribution in [0.25, 0.3) is 10.2 Å². The molecule has 1 saturated heterocycles. The summed E-state index contributed by atoms with van der Waals surface area (Å²) in [5, 5.41) is 3.34. The van der Waals surface area contributed by atoms with Crippen LogP contribution in [0.2, 0.25) is 0 Å². The number of ether oxygens (including phenoxy) is 1. The maximum atomic E-state index is 12.7. The molecule has 1 aromatic heterocycles. The lowest BCUT2D eigenvalue weighted by Gasteiger charge is -2.31. The number of aromatic nitrogens is 1. The molecule has 0 bridgehead atoms. The summed E-state index contributed by atoms with van der Waals surface area (Å²) < 4.78 is 44.3. The van der Waals surface area contributed by atoms with Gasteiger partial charge in [-0.3, -0.25) is 9.59 Å². The highest BCUT2D eigenvalue weighted by atomic mass is 32.1. The van der Waals surface area contributed by atoms with Crippen molar-refractivity contribution in [2.75, 3.05) is 25.5 Å². The highest BCUT2D eigenvalue weighted by Crippen LogP contribution is 2.33. The molecule has 1 aliphatic heterocycles. The molecule has 32 heavy (non-hydrogen) atoms. The van der Waals surface area contributed by atoms with Crippen LogP contribution in [0.15, 0.2) is 42.5 Å². The number of halogens is 3. The van der Waals surface area contributed by atoms with E-state index in [1.165, 1.54) is 23.5 Å². The number of hydrogen-bond acceptors (Lipinski definition) is 5. The van der Waals surface area contributed by atoms with E-state index in [2.05, 4.69) is 10.3 Å². The van der Waals surface area contributed by atoms with E-state index in [-0.39, 0.29) is 23.3 Å². The number of anilines is 1. The van der Waals surface area contributed by atoms with Crippen LogP contribution in [0.1, 0.15) is 28.8 Å². The first-order valence-corrected chi connectivity index (χ1v) is 10.8. The Kier molecular flexibility index (Phi) is 6.05. The molecule has 2 aromatic carbocycles. The minimum atomic E-state index is -4.44. The third-order valence-electron chi connectivity index (χ3n) is 5.44. The van der Waals surface area contributed by atoms with Gasteiger partial charge < -0.3 is 15.0 Å². The van der Waals surface area contributed by atoms with Gasteiger partial charge in [-0.1, -0.05) is 17.4 Å². The minimum absolute atomic E-state index is 0.162. The summed E-state index contributed by atoms with van der Waals surface area (Å²) >= 11 is 1.36. The van der Waals surface area contributed by atoms with Crippen molar-refractivity contribution in [3.05, 3.63) is 53.6 Å². The Bertz CT molecular complexity index is 1140. The fraction of sp³-hybridized carbons (Fsp3) is 0.318. The number of alkyl halides is 3. The summed E-state index contributed by atoms with van der Waals surface area (Å²) in [6.45, 7) is 0.706. The van der Waals surface area contributed by atoms with Crippen molar-refractivity contribution in [2.24, 2.45) is 5.92 Å². The molecule has 1 aliphatic rings. The molecule has 4 rings (SSSR count). The van der Waals surface area contributed by atoms with Gasteiger partial charge in [-0.25, -0.2) is 4.98 Å². The van der Waals surface area contributed by atoms with Gasteiger partial charge in [-0.05, 0) is 49.2 Å². The van der Waals surface area contributed by atoms with E-state index in [1.54, 1.807) is 18.1 Å². The number of para-hydroxylation sites is 1. The predicted molar refractivity (Wildman–Crippen MR) is 115 cm³/mol. The highest BCUT2D eigenvalue weighted by Gasteiger charge is 2.31. The van der Waals surface area contributed by atoms with Crippen LogP contribution in [0.3, 0.4) is 0 Å². The molecule has 6 nitrogen and oxygen atoms in total. The van der Waals surface area contributed by atoms with Crippen molar-refractivity contribution >= 4 is 38.5 Å². The minimum Gasteiger partial charge on any atom is -0.494 e. The number of hydrogen-bond donors (Lipinski definition) is 1. The second-order valence-electron chi connectivity index (χ2n) is 7.46. The largest absolute Gasteiger partial charge is 0.494 e. The summed E-state index contributed by atoms with van der Waals surface area (Å²) in [6.07, 6.45) is -3.51. The molecule has 0 spiro atoms. The van der Waals surface area contributed by atoms with Gasteiger partial charge in [-0.2, -0.15) is 13.2 Å². The molecular weight excluding hydrogens is 443 g/mol. The van der Waals surface area contributed by atoms with E-state index >= 15 is 0 Å². The van der Waals surface area contributed by atoms with Crippen molar-refractivity contribution in [2.45, 2.75) is 19.0 Å². The molecule has 10 heteroatoms. The lowest BCUT2D eigenvalue weighted by Crippen LogP contribution is -2.41. The molecule has 0 unspecified atom stereocenters. The molecular formula is C22H20F3N3O3S. The third-order valence-corrected chi connectivity index (χ3v) is 6.38. The van der Waals surface area contributed by atoms with Crippen molar-refractivity contribution in [3.63, 3.8) is 0 Å². The van der Waals surface area contributed by atoms with Crippen molar-refractivity contribution in [1.82, 2.24) is 9.88 Å². The van der Waals surface area contributed by atoms with Crippen LogP contribution in [-0.2, 0) is 11.0 Å². The van der Waals surface area contributed by atoms with Gasteiger partial charge in [0.05, 0.1) is 17.4 Å². The first-order chi connectivity index (χ1) is 15.3. The number of amides is 2. The molecule has 0 aliphatic carbocycles. The number of methoxy groups -OCH3 is 1. The quantitative estimate of drug-likeness (QED) is 0.603. The maximum absolute atomic E-state index is 12.7. The van der Waals surface area contributed by atoms with Crippen LogP contribution in [0.5, 0.6) is 5.75 Å². The number of carbonyl (C=O) groups is 2.